The fraction of sp³-hybridized carbons (Fsp3) is 0.300. The molecule has 0 bridgehead atoms. The van der Waals surface area contributed by atoms with E-state index in [4.69, 9.17) is 16.3 Å². The van der Waals surface area contributed by atoms with Gasteiger partial charge in [-0.1, -0.05) is 41.9 Å². The highest BCUT2D eigenvalue weighted by Gasteiger charge is 2.56. The van der Waals surface area contributed by atoms with E-state index in [1.54, 1.807) is 17.0 Å². The lowest BCUT2D eigenvalue weighted by molar-refractivity contribution is 0.0245. The van der Waals surface area contributed by atoms with Crippen molar-refractivity contribution >= 4 is 23.6 Å². The van der Waals surface area contributed by atoms with Crippen LogP contribution in [-0.4, -0.2) is 35.2 Å². The van der Waals surface area contributed by atoms with Crippen molar-refractivity contribution in [2.75, 3.05) is 6.54 Å². The van der Waals surface area contributed by atoms with E-state index in [1.807, 2.05) is 42.5 Å². The number of hydrogen-bond acceptors (Lipinski definition) is 3. The van der Waals surface area contributed by atoms with Gasteiger partial charge in [0.1, 0.15) is 6.10 Å². The number of halogens is 1. The topological polar surface area (TPSA) is 58.6 Å². The largest absolute Gasteiger partial charge is 0.441 e. The molecule has 2 aliphatic heterocycles. The molecule has 2 amide bonds. The third kappa shape index (κ3) is 2.92. The number of ether oxygens (including phenoxy) is 1. The SMILES string of the molecule is O=C1N[C@]2(CCCN2C(=O)c2ccccc2)[C@H](Cc2ccc(Cl)cc2)O1. The Kier molecular flexibility index (Phi) is 4.32. The third-order valence-corrected chi connectivity index (χ3v) is 5.37. The summed E-state index contributed by atoms with van der Waals surface area (Å²) >= 11 is 5.95. The molecule has 0 unspecified atom stereocenters. The summed E-state index contributed by atoms with van der Waals surface area (Å²) < 4.78 is 5.57. The van der Waals surface area contributed by atoms with Crippen LogP contribution in [0, 0.1) is 0 Å². The predicted octanol–water partition coefficient (Wildman–Crippen LogP) is 3.62. The Labute approximate surface area is 156 Å². The number of amides is 2. The summed E-state index contributed by atoms with van der Waals surface area (Å²) in [6.45, 7) is 0.592. The molecule has 0 aromatic heterocycles. The maximum Gasteiger partial charge on any atom is 0.409 e. The lowest BCUT2D eigenvalue weighted by Gasteiger charge is -2.37. The van der Waals surface area contributed by atoms with Crippen molar-refractivity contribution in [3.05, 3.63) is 70.7 Å². The molecule has 0 radical (unpaired) electrons. The second kappa shape index (κ2) is 6.65. The normalized spacial score (nSPS) is 24.6. The molecule has 2 aromatic rings. The average Bonchev–Trinajstić information content (AvgIpc) is 3.21. The zero-order chi connectivity index (χ0) is 18.1. The monoisotopic (exact) mass is 370 g/mol. The number of nitrogens with zero attached hydrogens (tertiary/aromatic N) is 1. The molecule has 4 rings (SSSR count). The highest BCUT2D eigenvalue weighted by molar-refractivity contribution is 6.30. The summed E-state index contributed by atoms with van der Waals surface area (Å²) in [7, 11) is 0. The molecule has 0 aliphatic carbocycles. The Morgan fingerprint density at radius 3 is 2.65 bits per heavy atom. The average molecular weight is 371 g/mol. The minimum atomic E-state index is -0.802. The molecule has 26 heavy (non-hydrogen) atoms. The summed E-state index contributed by atoms with van der Waals surface area (Å²) in [6, 6.07) is 16.6. The molecule has 1 N–H and O–H groups in total. The Morgan fingerprint density at radius 2 is 1.92 bits per heavy atom. The van der Waals surface area contributed by atoms with Crippen LogP contribution in [0.1, 0.15) is 28.8 Å². The van der Waals surface area contributed by atoms with Crippen LogP contribution < -0.4 is 5.32 Å². The molecular formula is C20H19ClN2O3. The van der Waals surface area contributed by atoms with Gasteiger partial charge >= 0.3 is 6.09 Å². The molecule has 2 fully saturated rings. The van der Waals surface area contributed by atoms with E-state index in [0.29, 0.717) is 30.0 Å². The van der Waals surface area contributed by atoms with E-state index >= 15 is 0 Å². The fourth-order valence-corrected chi connectivity index (χ4v) is 4.01. The third-order valence-electron chi connectivity index (χ3n) is 5.12. The van der Waals surface area contributed by atoms with Gasteiger partial charge in [-0.15, -0.1) is 0 Å². The molecule has 5 nitrogen and oxygen atoms in total. The van der Waals surface area contributed by atoms with Crippen LogP contribution >= 0.6 is 11.6 Å². The second-order valence-electron chi connectivity index (χ2n) is 6.70. The molecule has 2 aliphatic rings. The summed E-state index contributed by atoms with van der Waals surface area (Å²) in [6.07, 6.45) is 1.10. The van der Waals surface area contributed by atoms with Crippen molar-refractivity contribution in [3.63, 3.8) is 0 Å². The minimum absolute atomic E-state index is 0.0880. The van der Waals surface area contributed by atoms with Crippen molar-refractivity contribution < 1.29 is 14.3 Å². The van der Waals surface area contributed by atoms with Gasteiger partial charge in [0.05, 0.1) is 0 Å². The van der Waals surface area contributed by atoms with E-state index in [1.165, 1.54) is 0 Å². The van der Waals surface area contributed by atoms with Crippen molar-refractivity contribution in [2.45, 2.75) is 31.0 Å². The van der Waals surface area contributed by atoms with Crippen molar-refractivity contribution in [2.24, 2.45) is 0 Å². The molecule has 2 heterocycles. The Bertz CT molecular complexity index is 825. The van der Waals surface area contributed by atoms with Crippen molar-refractivity contribution in [1.29, 1.82) is 0 Å². The number of carbonyl (C=O) groups is 2. The zero-order valence-electron chi connectivity index (χ0n) is 14.2. The van der Waals surface area contributed by atoms with Crippen LogP contribution in [0.25, 0.3) is 0 Å². The molecule has 2 atom stereocenters. The smallest absolute Gasteiger partial charge is 0.409 e. The van der Waals surface area contributed by atoms with Crippen LogP contribution in [0.4, 0.5) is 4.79 Å². The Hall–Kier alpha value is -2.53. The van der Waals surface area contributed by atoms with Gasteiger partial charge in [0.2, 0.25) is 0 Å². The van der Waals surface area contributed by atoms with E-state index < -0.39 is 17.9 Å². The van der Waals surface area contributed by atoms with Crippen LogP contribution in [0.2, 0.25) is 5.02 Å². The van der Waals surface area contributed by atoms with E-state index in [-0.39, 0.29) is 5.91 Å². The molecule has 2 saturated heterocycles. The second-order valence-corrected chi connectivity index (χ2v) is 7.14. The number of rotatable bonds is 3. The summed E-state index contributed by atoms with van der Waals surface area (Å²) in [4.78, 5) is 26.9. The maximum atomic E-state index is 13.1. The van der Waals surface area contributed by atoms with Gasteiger partial charge in [-0.25, -0.2) is 4.79 Å². The first kappa shape index (κ1) is 16.9. The lowest BCUT2D eigenvalue weighted by Crippen LogP contribution is -2.60. The van der Waals surface area contributed by atoms with Gasteiger partial charge in [-0.2, -0.15) is 0 Å². The van der Waals surface area contributed by atoms with E-state index in [9.17, 15) is 9.59 Å². The molecule has 134 valence electrons. The number of alkyl carbamates (subject to hydrolysis) is 1. The zero-order valence-corrected chi connectivity index (χ0v) is 14.9. The van der Waals surface area contributed by atoms with E-state index in [2.05, 4.69) is 5.32 Å². The molecule has 2 aromatic carbocycles. The molecule has 1 spiro atoms. The van der Waals surface area contributed by atoms with Crippen LogP contribution in [0.3, 0.4) is 0 Å². The Morgan fingerprint density at radius 1 is 1.19 bits per heavy atom. The van der Waals surface area contributed by atoms with Gasteiger partial charge in [0.15, 0.2) is 5.66 Å². The molecular weight excluding hydrogens is 352 g/mol. The van der Waals surface area contributed by atoms with Gasteiger partial charge in [-0.05, 0) is 42.7 Å². The van der Waals surface area contributed by atoms with Crippen molar-refractivity contribution in [3.8, 4) is 0 Å². The first-order chi connectivity index (χ1) is 12.6. The van der Waals surface area contributed by atoms with Gasteiger partial charge in [-0.3, -0.25) is 10.1 Å². The van der Waals surface area contributed by atoms with Crippen LogP contribution in [0.15, 0.2) is 54.6 Å². The van der Waals surface area contributed by atoms with Crippen molar-refractivity contribution in [1.82, 2.24) is 10.2 Å². The number of cyclic esters (lactones) is 1. The number of hydrogen-bond donors (Lipinski definition) is 1. The lowest BCUT2D eigenvalue weighted by atomic mass is 9.94. The quantitative estimate of drug-likeness (QED) is 0.897. The standard InChI is InChI=1S/C20H19ClN2O3/c21-16-9-7-14(8-10-16)13-17-20(22-19(25)26-17)11-4-12-23(20)18(24)15-5-2-1-3-6-15/h1-3,5-10,17H,4,11-13H2,(H,22,25)/t17-,20-/m0/s1. The number of carbonyl (C=O) groups excluding carboxylic acids is 2. The van der Waals surface area contributed by atoms with Crippen LogP contribution in [-0.2, 0) is 11.2 Å². The Balaban J connectivity index is 1.63. The molecule has 6 heteroatoms. The maximum absolute atomic E-state index is 13.1. The number of benzene rings is 2. The summed E-state index contributed by atoms with van der Waals surface area (Å²) in [5.41, 5.74) is 0.818. The van der Waals surface area contributed by atoms with Crippen LogP contribution in [0.5, 0.6) is 0 Å². The summed E-state index contributed by atoms with van der Waals surface area (Å²) in [5, 5.41) is 3.59. The number of likely N-dealkylation sites (tertiary alicyclic amines) is 1. The minimum Gasteiger partial charge on any atom is -0.441 e. The number of nitrogens with one attached hydrogen (secondary N) is 1. The van der Waals surface area contributed by atoms with Gasteiger partial charge < -0.3 is 9.64 Å². The highest BCUT2D eigenvalue weighted by atomic mass is 35.5. The first-order valence-electron chi connectivity index (χ1n) is 8.69. The fourth-order valence-electron chi connectivity index (χ4n) is 3.88. The summed E-state index contributed by atoms with van der Waals surface area (Å²) in [5.74, 6) is -0.0880. The first-order valence-corrected chi connectivity index (χ1v) is 9.06. The van der Waals surface area contributed by atoms with Gasteiger partial charge in [0, 0.05) is 23.6 Å². The molecule has 0 saturated carbocycles. The van der Waals surface area contributed by atoms with E-state index in [0.717, 1.165) is 12.0 Å². The van der Waals surface area contributed by atoms with Gasteiger partial charge in [0.25, 0.3) is 5.91 Å². The predicted molar refractivity (Wildman–Crippen MR) is 98.0 cm³/mol. The highest BCUT2D eigenvalue weighted by Crippen LogP contribution is 2.38.